The molecule has 1 saturated carbocycles. The molecule has 17 heavy (non-hydrogen) atoms. The van der Waals surface area contributed by atoms with Gasteiger partial charge in [0.2, 0.25) is 5.91 Å². The normalized spacial score (nSPS) is 23.6. The number of amides is 1. The molecule has 0 saturated heterocycles. The zero-order chi connectivity index (χ0) is 12.4. The molecule has 0 aliphatic heterocycles. The Morgan fingerprint density at radius 1 is 1.53 bits per heavy atom. The van der Waals surface area contributed by atoms with E-state index in [0.717, 1.165) is 24.8 Å². The third kappa shape index (κ3) is 2.57. The van der Waals surface area contributed by atoms with E-state index < -0.39 is 0 Å². The number of nitrogen functional groups attached to an aromatic ring is 1. The lowest BCUT2D eigenvalue weighted by Crippen LogP contribution is -2.25. The van der Waals surface area contributed by atoms with Crippen LogP contribution in [0.5, 0.6) is 0 Å². The van der Waals surface area contributed by atoms with Crippen LogP contribution in [0, 0.1) is 18.8 Å². The van der Waals surface area contributed by atoms with E-state index >= 15 is 0 Å². The second-order valence-corrected chi connectivity index (χ2v) is 4.93. The van der Waals surface area contributed by atoms with Crippen LogP contribution < -0.4 is 11.1 Å². The van der Waals surface area contributed by atoms with Gasteiger partial charge in [-0.05, 0) is 37.3 Å². The van der Waals surface area contributed by atoms with Crippen LogP contribution in [-0.4, -0.2) is 10.9 Å². The van der Waals surface area contributed by atoms with Gasteiger partial charge in [0.05, 0.1) is 11.9 Å². The van der Waals surface area contributed by atoms with E-state index in [0.29, 0.717) is 17.4 Å². The molecule has 92 valence electrons. The smallest absolute Gasteiger partial charge is 0.228 e. The SMILES string of the molecule is Cc1cc(NC(=O)C2CCCC2C)ncc1N. The van der Waals surface area contributed by atoms with Crippen molar-refractivity contribution in [1.82, 2.24) is 4.98 Å². The third-order valence-corrected chi connectivity index (χ3v) is 3.60. The van der Waals surface area contributed by atoms with Crippen LogP contribution in [0.1, 0.15) is 31.7 Å². The average Bonchev–Trinajstić information content (AvgIpc) is 2.70. The monoisotopic (exact) mass is 233 g/mol. The Balaban J connectivity index is 2.05. The van der Waals surface area contributed by atoms with Crippen molar-refractivity contribution in [1.29, 1.82) is 0 Å². The summed E-state index contributed by atoms with van der Waals surface area (Å²) in [7, 11) is 0. The fourth-order valence-corrected chi connectivity index (χ4v) is 2.39. The molecule has 1 heterocycles. The Labute approximate surface area is 102 Å². The molecule has 2 atom stereocenters. The van der Waals surface area contributed by atoms with Gasteiger partial charge in [0.25, 0.3) is 0 Å². The maximum absolute atomic E-state index is 12.0. The van der Waals surface area contributed by atoms with E-state index in [2.05, 4.69) is 17.2 Å². The van der Waals surface area contributed by atoms with Gasteiger partial charge >= 0.3 is 0 Å². The van der Waals surface area contributed by atoms with Crippen LogP contribution in [0.3, 0.4) is 0 Å². The highest BCUT2D eigenvalue weighted by atomic mass is 16.2. The molecule has 1 aromatic heterocycles. The van der Waals surface area contributed by atoms with Crippen LogP contribution >= 0.6 is 0 Å². The van der Waals surface area contributed by atoms with Gasteiger partial charge in [-0.3, -0.25) is 4.79 Å². The number of aromatic nitrogens is 1. The van der Waals surface area contributed by atoms with E-state index in [9.17, 15) is 4.79 Å². The minimum Gasteiger partial charge on any atom is -0.397 e. The van der Waals surface area contributed by atoms with Gasteiger partial charge in [-0.15, -0.1) is 0 Å². The number of pyridine rings is 1. The Morgan fingerprint density at radius 2 is 2.29 bits per heavy atom. The molecular formula is C13H19N3O. The molecule has 1 aromatic rings. The number of rotatable bonds is 2. The molecule has 3 N–H and O–H groups in total. The Hall–Kier alpha value is -1.58. The first-order valence-electron chi connectivity index (χ1n) is 6.11. The van der Waals surface area contributed by atoms with Crippen LogP contribution in [-0.2, 0) is 4.79 Å². The summed E-state index contributed by atoms with van der Waals surface area (Å²) < 4.78 is 0. The van der Waals surface area contributed by atoms with Crippen molar-refractivity contribution >= 4 is 17.4 Å². The second-order valence-electron chi connectivity index (χ2n) is 4.93. The maximum atomic E-state index is 12.0. The van der Waals surface area contributed by atoms with Crippen LogP contribution in [0.15, 0.2) is 12.3 Å². The van der Waals surface area contributed by atoms with E-state index in [1.54, 1.807) is 6.20 Å². The van der Waals surface area contributed by atoms with Crippen molar-refractivity contribution in [3.8, 4) is 0 Å². The molecular weight excluding hydrogens is 214 g/mol. The topological polar surface area (TPSA) is 68.0 Å². The molecule has 1 fully saturated rings. The molecule has 2 unspecified atom stereocenters. The van der Waals surface area contributed by atoms with Gasteiger partial charge in [-0.2, -0.15) is 0 Å². The van der Waals surface area contributed by atoms with Crippen molar-refractivity contribution in [2.45, 2.75) is 33.1 Å². The van der Waals surface area contributed by atoms with Crippen molar-refractivity contribution < 1.29 is 4.79 Å². The van der Waals surface area contributed by atoms with Crippen LogP contribution in [0.4, 0.5) is 11.5 Å². The standard InChI is InChI=1S/C13H19N3O/c1-8-4-3-5-10(8)13(17)16-12-6-9(2)11(14)7-15-12/h6-8,10H,3-5,14H2,1-2H3,(H,15,16,17). The molecule has 0 radical (unpaired) electrons. The molecule has 0 spiro atoms. The molecule has 4 heteroatoms. The Bertz CT molecular complexity index is 431. The molecule has 0 bridgehead atoms. The lowest BCUT2D eigenvalue weighted by atomic mass is 9.97. The van der Waals surface area contributed by atoms with Gasteiger partial charge in [-0.25, -0.2) is 4.98 Å². The number of carbonyl (C=O) groups excluding carboxylic acids is 1. The van der Waals surface area contributed by atoms with E-state index in [-0.39, 0.29) is 11.8 Å². The number of nitrogens with one attached hydrogen (secondary N) is 1. The summed E-state index contributed by atoms with van der Waals surface area (Å²) in [5.74, 6) is 1.30. The number of nitrogens with zero attached hydrogens (tertiary/aromatic N) is 1. The van der Waals surface area contributed by atoms with Gasteiger partial charge < -0.3 is 11.1 Å². The lowest BCUT2D eigenvalue weighted by Gasteiger charge is -2.15. The molecule has 4 nitrogen and oxygen atoms in total. The van der Waals surface area contributed by atoms with E-state index in [1.165, 1.54) is 0 Å². The summed E-state index contributed by atoms with van der Waals surface area (Å²) in [4.78, 5) is 16.2. The van der Waals surface area contributed by atoms with Crippen molar-refractivity contribution in [3.63, 3.8) is 0 Å². The minimum atomic E-state index is 0.0895. The second kappa shape index (κ2) is 4.73. The predicted molar refractivity (Wildman–Crippen MR) is 68.5 cm³/mol. The molecule has 2 rings (SSSR count). The zero-order valence-electron chi connectivity index (χ0n) is 10.4. The number of carbonyl (C=O) groups is 1. The molecule has 1 aliphatic rings. The maximum Gasteiger partial charge on any atom is 0.228 e. The van der Waals surface area contributed by atoms with Gasteiger partial charge in [0.15, 0.2) is 0 Å². The van der Waals surface area contributed by atoms with Crippen molar-refractivity contribution in [3.05, 3.63) is 17.8 Å². The van der Waals surface area contributed by atoms with Crippen molar-refractivity contribution in [2.24, 2.45) is 11.8 Å². The van der Waals surface area contributed by atoms with Gasteiger partial charge in [0, 0.05) is 5.92 Å². The summed E-state index contributed by atoms with van der Waals surface area (Å²) in [5, 5.41) is 2.88. The van der Waals surface area contributed by atoms with Crippen molar-refractivity contribution in [2.75, 3.05) is 11.1 Å². The number of aryl methyl sites for hydroxylation is 1. The lowest BCUT2D eigenvalue weighted by molar-refractivity contribution is -0.120. The first kappa shape index (κ1) is 11.9. The Kier molecular flexibility index (Phi) is 3.31. The van der Waals surface area contributed by atoms with E-state index in [4.69, 9.17) is 5.73 Å². The summed E-state index contributed by atoms with van der Waals surface area (Å²) >= 11 is 0. The number of nitrogens with two attached hydrogens (primary N) is 1. The summed E-state index contributed by atoms with van der Waals surface area (Å²) in [5.41, 5.74) is 7.28. The Morgan fingerprint density at radius 3 is 2.88 bits per heavy atom. The number of hydrogen-bond donors (Lipinski definition) is 2. The highest BCUT2D eigenvalue weighted by molar-refractivity contribution is 5.92. The summed E-state index contributed by atoms with van der Waals surface area (Å²) in [6.45, 7) is 4.05. The first-order chi connectivity index (χ1) is 8.08. The van der Waals surface area contributed by atoms with Crippen LogP contribution in [0.2, 0.25) is 0 Å². The van der Waals surface area contributed by atoms with Gasteiger partial charge in [-0.1, -0.05) is 13.3 Å². The fourth-order valence-electron chi connectivity index (χ4n) is 2.39. The molecule has 0 aromatic carbocycles. The number of hydrogen-bond acceptors (Lipinski definition) is 3. The quantitative estimate of drug-likeness (QED) is 0.823. The molecule has 1 aliphatic carbocycles. The number of anilines is 2. The highest BCUT2D eigenvalue weighted by Gasteiger charge is 2.29. The summed E-state index contributed by atoms with van der Waals surface area (Å²) in [6.07, 6.45) is 4.86. The first-order valence-corrected chi connectivity index (χ1v) is 6.11. The zero-order valence-corrected chi connectivity index (χ0v) is 10.4. The van der Waals surface area contributed by atoms with Crippen LogP contribution in [0.25, 0.3) is 0 Å². The third-order valence-electron chi connectivity index (χ3n) is 3.60. The van der Waals surface area contributed by atoms with Gasteiger partial charge in [0.1, 0.15) is 5.82 Å². The minimum absolute atomic E-state index is 0.0895. The largest absolute Gasteiger partial charge is 0.397 e. The summed E-state index contributed by atoms with van der Waals surface area (Å²) in [6, 6.07) is 1.81. The fraction of sp³-hybridized carbons (Fsp3) is 0.538. The van der Waals surface area contributed by atoms with E-state index in [1.807, 2.05) is 13.0 Å². The highest BCUT2D eigenvalue weighted by Crippen LogP contribution is 2.31. The predicted octanol–water partition coefficient (Wildman–Crippen LogP) is 2.35. The average molecular weight is 233 g/mol. The molecule has 1 amide bonds.